The Morgan fingerprint density at radius 3 is 2.13 bits per heavy atom. The normalized spacial score (nSPS) is 19.0. The van der Waals surface area contributed by atoms with Crippen LogP contribution in [-0.4, -0.2) is 10.5 Å². The Balaban J connectivity index is 2.53. The highest BCUT2D eigenvalue weighted by atomic mass is 35.5. The van der Waals surface area contributed by atoms with Crippen molar-refractivity contribution in [1.29, 1.82) is 0 Å². The molecule has 0 bridgehead atoms. The van der Waals surface area contributed by atoms with Crippen molar-refractivity contribution in [1.82, 2.24) is 4.98 Å². The maximum atomic E-state index is 6.26. The molecule has 0 saturated heterocycles. The van der Waals surface area contributed by atoms with Crippen LogP contribution in [0.25, 0.3) is 0 Å². The Morgan fingerprint density at radius 2 is 1.73 bits per heavy atom. The summed E-state index contributed by atoms with van der Waals surface area (Å²) in [6, 6.07) is 0. The van der Waals surface area contributed by atoms with Crippen LogP contribution in [0.2, 0.25) is 10.0 Å². The lowest BCUT2D eigenvalue weighted by Crippen LogP contribution is -2.43. The van der Waals surface area contributed by atoms with E-state index in [9.17, 15) is 0 Å². The van der Waals surface area contributed by atoms with E-state index in [0.29, 0.717) is 10.0 Å². The van der Waals surface area contributed by atoms with Crippen LogP contribution in [0.3, 0.4) is 0 Å². The van der Waals surface area contributed by atoms with Crippen molar-refractivity contribution in [2.24, 2.45) is 5.73 Å². The maximum absolute atomic E-state index is 6.26. The van der Waals surface area contributed by atoms with E-state index in [1.807, 2.05) is 0 Å². The molecule has 0 aliphatic heterocycles. The molecule has 0 aromatic carbocycles. The Morgan fingerprint density at radius 1 is 1.27 bits per heavy atom. The lowest BCUT2D eigenvalue weighted by molar-refractivity contribution is 0.391. The third-order valence-electron chi connectivity index (χ3n) is 3.51. The fourth-order valence-electron chi connectivity index (χ4n) is 2.02. The Hall–Kier alpha value is -0.310. The summed E-state index contributed by atoms with van der Waals surface area (Å²) in [5.74, 6) is 0. The minimum absolute atomic E-state index is 0.165. The Kier molecular flexibility index (Phi) is 2.49. The van der Waals surface area contributed by atoms with E-state index < -0.39 is 0 Å². The van der Waals surface area contributed by atoms with E-state index in [0.717, 1.165) is 18.4 Å². The van der Waals surface area contributed by atoms with Gasteiger partial charge in [0.2, 0.25) is 0 Å². The van der Waals surface area contributed by atoms with Crippen molar-refractivity contribution in [3.05, 3.63) is 28.0 Å². The van der Waals surface area contributed by atoms with Gasteiger partial charge in [0.1, 0.15) is 0 Å². The molecule has 1 saturated carbocycles. The highest BCUT2D eigenvalue weighted by molar-refractivity contribution is 6.36. The first kappa shape index (κ1) is 11.2. The van der Waals surface area contributed by atoms with E-state index in [-0.39, 0.29) is 11.0 Å². The number of aromatic nitrogens is 1. The third kappa shape index (κ3) is 1.65. The van der Waals surface area contributed by atoms with E-state index in [1.165, 1.54) is 0 Å². The SMILES string of the molecule is CC(C)(c1c(Cl)cncc1Cl)C1(N)CC1. The maximum Gasteiger partial charge on any atom is 0.0642 e. The van der Waals surface area contributed by atoms with Gasteiger partial charge in [-0.05, 0) is 18.4 Å². The lowest BCUT2D eigenvalue weighted by Gasteiger charge is -2.33. The highest BCUT2D eigenvalue weighted by Crippen LogP contribution is 2.52. The van der Waals surface area contributed by atoms with Crippen LogP contribution in [0.15, 0.2) is 12.4 Å². The molecule has 2 nitrogen and oxygen atoms in total. The van der Waals surface area contributed by atoms with E-state index in [1.54, 1.807) is 12.4 Å². The molecule has 1 heterocycles. The first-order valence-electron chi connectivity index (χ1n) is 4.97. The molecule has 2 rings (SSSR count). The average Bonchev–Trinajstić information content (AvgIpc) is 2.84. The van der Waals surface area contributed by atoms with Crippen LogP contribution in [0.1, 0.15) is 32.3 Å². The molecule has 0 radical (unpaired) electrons. The largest absolute Gasteiger partial charge is 0.324 e. The van der Waals surface area contributed by atoms with E-state index in [2.05, 4.69) is 18.8 Å². The molecule has 1 aliphatic carbocycles. The number of nitrogens with two attached hydrogens (primary N) is 1. The molecule has 1 aliphatic rings. The van der Waals surface area contributed by atoms with Gasteiger partial charge in [0, 0.05) is 23.3 Å². The molecule has 82 valence electrons. The van der Waals surface area contributed by atoms with Crippen molar-refractivity contribution in [3.8, 4) is 0 Å². The van der Waals surface area contributed by atoms with Crippen LogP contribution in [-0.2, 0) is 5.41 Å². The van der Waals surface area contributed by atoms with Crippen LogP contribution < -0.4 is 5.73 Å². The zero-order valence-electron chi connectivity index (χ0n) is 8.85. The summed E-state index contributed by atoms with van der Waals surface area (Å²) in [6.07, 6.45) is 5.29. The zero-order valence-corrected chi connectivity index (χ0v) is 10.4. The van der Waals surface area contributed by atoms with Gasteiger partial charge in [-0.3, -0.25) is 4.98 Å². The van der Waals surface area contributed by atoms with Crippen molar-refractivity contribution in [3.63, 3.8) is 0 Å². The molecule has 15 heavy (non-hydrogen) atoms. The fourth-order valence-corrected chi connectivity index (χ4v) is 2.85. The van der Waals surface area contributed by atoms with Gasteiger partial charge in [0.15, 0.2) is 0 Å². The molecule has 0 atom stereocenters. The molecular weight excluding hydrogens is 231 g/mol. The monoisotopic (exact) mass is 244 g/mol. The molecule has 0 spiro atoms. The molecule has 1 aromatic heterocycles. The molecule has 1 aromatic rings. The van der Waals surface area contributed by atoms with Gasteiger partial charge in [0.25, 0.3) is 0 Å². The minimum atomic E-state index is -0.204. The van der Waals surface area contributed by atoms with Gasteiger partial charge in [-0.1, -0.05) is 37.0 Å². The van der Waals surface area contributed by atoms with Gasteiger partial charge >= 0.3 is 0 Å². The number of hydrogen-bond donors (Lipinski definition) is 1. The smallest absolute Gasteiger partial charge is 0.0642 e. The number of rotatable bonds is 2. The number of nitrogens with zero attached hydrogens (tertiary/aromatic N) is 1. The van der Waals surface area contributed by atoms with E-state index >= 15 is 0 Å². The summed E-state index contributed by atoms with van der Waals surface area (Å²) in [7, 11) is 0. The average molecular weight is 245 g/mol. The molecule has 4 heteroatoms. The molecular formula is C11H14Cl2N2. The molecule has 2 N–H and O–H groups in total. The summed E-state index contributed by atoms with van der Waals surface area (Å²) in [6.45, 7) is 4.18. The second-order valence-electron chi connectivity index (χ2n) is 4.76. The van der Waals surface area contributed by atoms with E-state index in [4.69, 9.17) is 28.9 Å². The van der Waals surface area contributed by atoms with Gasteiger partial charge < -0.3 is 5.73 Å². The third-order valence-corrected chi connectivity index (χ3v) is 4.08. The molecule has 0 unspecified atom stereocenters. The van der Waals surface area contributed by atoms with Gasteiger partial charge in [-0.15, -0.1) is 0 Å². The van der Waals surface area contributed by atoms with Crippen molar-refractivity contribution >= 4 is 23.2 Å². The number of pyridine rings is 1. The second kappa shape index (κ2) is 3.34. The summed E-state index contributed by atoms with van der Waals surface area (Å²) in [5, 5.41) is 1.20. The van der Waals surface area contributed by atoms with Crippen molar-refractivity contribution in [2.45, 2.75) is 37.6 Å². The second-order valence-corrected chi connectivity index (χ2v) is 5.57. The standard InChI is InChI=1S/C11H14Cl2N2/c1-10(2,11(14)3-4-11)9-7(12)5-15-6-8(9)13/h5-6H,3-4,14H2,1-2H3. The topological polar surface area (TPSA) is 38.9 Å². The Labute approximate surface area is 99.8 Å². The van der Waals surface area contributed by atoms with Gasteiger partial charge in [0.05, 0.1) is 10.0 Å². The summed E-state index contributed by atoms with van der Waals surface area (Å²) in [5.41, 5.74) is 6.80. The summed E-state index contributed by atoms with van der Waals surface area (Å²) < 4.78 is 0. The van der Waals surface area contributed by atoms with Crippen LogP contribution in [0.4, 0.5) is 0 Å². The number of hydrogen-bond acceptors (Lipinski definition) is 2. The first-order chi connectivity index (χ1) is 6.88. The highest BCUT2D eigenvalue weighted by Gasteiger charge is 2.53. The molecule has 1 fully saturated rings. The van der Waals surface area contributed by atoms with Crippen LogP contribution in [0.5, 0.6) is 0 Å². The summed E-state index contributed by atoms with van der Waals surface area (Å²) >= 11 is 12.3. The summed E-state index contributed by atoms with van der Waals surface area (Å²) in [4.78, 5) is 3.96. The van der Waals surface area contributed by atoms with Crippen molar-refractivity contribution < 1.29 is 0 Å². The quantitative estimate of drug-likeness (QED) is 0.869. The minimum Gasteiger partial charge on any atom is -0.324 e. The predicted molar refractivity (Wildman–Crippen MR) is 63.4 cm³/mol. The van der Waals surface area contributed by atoms with Crippen LogP contribution in [0, 0.1) is 0 Å². The molecule has 0 amide bonds. The first-order valence-corrected chi connectivity index (χ1v) is 5.72. The van der Waals surface area contributed by atoms with Gasteiger partial charge in [-0.25, -0.2) is 0 Å². The van der Waals surface area contributed by atoms with Gasteiger partial charge in [-0.2, -0.15) is 0 Å². The lowest BCUT2D eigenvalue weighted by atomic mass is 9.76. The van der Waals surface area contributed by atoms with Crippen molar-refractivity contribution in [2.75, 3.05) is 0 Å². The van der Waals surface area contributed by atoms with Crippen LogP contribution >= 0.6 is 23.2 Å². The predicted octanol–water partition coefficient (Wildman–Crippen LogP) is 3.16. The zero-order chi connectivity index (χ0) is 11.3. The Bertz CT molecular complexity index is 377. The number of halogens is 2. The fraction of sp³-hybridized carbons (Fsp3) is 0.545.